The molecule has 0 radical (unpaired) electrons. The van der Waals surface area contributed by atoms with E-state index >= 15 is 0 Å². The number of halogens is 1. The molecule has 0 heterocycles. The number of hydrogen-bond acceptors (Lipinski definition) is 1. The monoisotopic (exact) mass is 174 g/mol. The zero-order valence-corrected chi connectivity index (χ0v) is 8.18. The minimum Gasteiger partial charge on any atom is -0.393 e. The molecule has 0 amide bonds. The molecular formula is C10H19FO. The van der Waals surface area contributed by atoms with E-state index in [1.807, 2.05) is 6.92 Å². The van der Waals surface area contributed by atoms with E-state index < -0.39 is 5.67 Å². The number of aliphatic hydroxyl groups excluding tert-OH is 1. The molecule has 0 aromatic carbocycles. The van der Waals surface area contributed by atoms with Gasteiger partial charge in [0.05, 0.1) is 6.10 Å². The van der Waals surface area contributed by atoms with Gasteiger partial charge >= 0.3 is 0 Å². The van der Waals surface area contributed by atoms with Gasteiger partial charge in [0, 0.05) is 0 Å². The van der Waals surface area contributed by atoms with Crippen LogP contribution in [0.4, 0.5) is 4.39 Å². The van der Waals surface area contributed by atoms with E-state index in [4.69, 9.17) is 0 Å². The highest BCUT2D eigenvalue weighted by molar-refractivity contribution is 4.86. The molecule has 3 atom stereocenters. The van der Waals surface area contributed by atoms with E-state index in [9.17, 15) is 9.50 Å². The Kier molecular flexibility index (Phi) is 2.77. The lowest BCUT2D eigenvalue weighted by molar-refractivity contribution is 0.0000879. The Morgan fingerprint density at radius 2 is 1.92 bits per heavy atom. The molecule has 0 bridgehead atoms. The molecule has 0 saturated heterocycles. The summed E-state index contributed by atoms with van der Waals surface area (Å²) in [7, 11) is 0. The van der Waals surface area contributed by atoms with E-state index in [0.717, 1.165) is 12.8 Å². The lowest BCUT2D eigenvalue weighted by Gasteiger charge is -2.36. The second-order valence-electron chi connectivity index (χ2n) is 4.62. The van der Waals surface area contributed by atoms with Crippen molar-refractivity contribution in [3.8, 4) is 0 Å². The van der Waals surface area contributed by atoms with E-state index in [2.05, 4.69) is 0 Å². The quantitative estimate of drug-likeness (QED) is 0.647. The molecule has 1 fully saturated rings. The van der Waals surface area contributed by atoms with Gasteiger partial charge in [0.2, 0.25) is 0 Å². The van der Waals surface area contributed by atoms with Crippen LogP contribution < -0.4 is 0 Å². The van der Waals surface area contributed by atoms with Gasteiger partial charge in [0.15, 0.2) is 0 Å². The van der Waals surface area contributed by atoms with Crippen LogP contribution in [0.15, 0.2) is 0 Å². The summed E-state index contributed by atoms with van der Waals surface area (Å²) in [5.41, 5.74) is -1.12. The van der Waals surface area contributed by atoms with Crippen molar-refractivity contribution in [1.82, 2.24) is 0 Å². The Balaban J connectivity index is 2.51. The number of rotatable bonds is 1. The van der Waals surface area contributed by atoms with Gasteiger partial charge in [-0.25, -0.2) is 4.39 Å². The lowest BCUT2D eigenvalue weighted by Crippen LogP contribution is -2.36. The predicted molar refractivity (Wildman–Crippen MR) is 47.7 cm³/mol. The van der Waals surface area contributed by atoms with Crippen molar-refractivity contribution in [1.29, 1.82) is 0 Å². The topological polar surface area (TPSA) is 20.2 Å². The molecule has 12 heavy (non-hydrogen) atoms. The van der Waals surface area contributed by atoms with Gasteiger partial charge in [0.25, 0.3) is 0 Å². The summed E-state index contributed by atoms with van der Waals surface area (Å²) >= 11 is 0. The standard InChI is InChI=1S/C10H19FO/c1-7-4-5-8(6-9(7)12)10(2,3)11/h7-9,12H,4-6H2,1-3H3/t7-,8-,9-/m1/s1. The van der Waals surface area contributed by atoms with E-state index in [-0.39, 0.29) is 12.0 Å². The third kappa shape index (κ3) is 2.19. The Hall–Kier alpha value is -0.110. The zero-order chi connectivity index (χ0) is 9.35. The molecule has 72 valence electrons. The molecule has 0 unspecified atom stereocenters. The summed E-state index contributed by atoms with van der Waals surface area (Å²) in [5, 5.41) is 9.54. The SMILES string of the molecule is C[C@@H]1CC[C@@H](C(C)(C)F)C[C@H]1O. The predicted octanol–water partition coefficient (Wildman–Crippen LogP) is 2.53. The molecule has 0 aromatic heterocycles. The fourth-order valence-corrected chi connectivity index (χ4v) is 1.92. The van der Waals surface area contributed by atoms with Crippen molar-refractivity contribution < 1.29 is 9.50 Å². The Bertz CT molecular complexity index is 150. The lowest BCUT2D eigenvalue weighted by atomic mass is 9.75. The molecule has 1 saturated carbocycles. The van der Waals surface area contributed by atoms with Gasteiger partial charge < -0.3 is 5.11 Å². The normalized spacial score (nSPS) is 38.2. The van der Waals surface area contributed by atoms with Crippen LogP contribution in [0.1, 0.15) is 40.0 Å². The highest BCUT2D eigenvalue weighted by atomic mass is 19.1. The van der Waals surface area contributed by atoms with Gasteiger partial charge in [-0.15, -0.1) is 0 Å². The summed E-state index contributed by atoms with van der Waals surface area (Å²) in [6, 6.07) is 0. The number of alkyl halides is 1. The van der Waals surface area contributed by atoms with Crippen LogP contribution in [0, 0.1) is 11.8 Å². The van der Waals surface area contributed by atoms with Gasteiger partial charge in [0.1, 0.15) is 5.67 Å². The fraction of sp³-hybridized carbons (Fsp3) is 1.00. The second kappa shape index (κ2) is 3.33. The van der Waals surface area contributed by atoms with E-state index in [0.29, 0.717) is 12.3 Å². The van der Waals surface area contributed by atoms with E-state index in [1.54, 1.807) is 13.8 Å². The Morgan fingerprint density at radius 1 is 1.33 bits per heavy atom. The first-order chi connectivity index (χ1) is 5.41. The smallest absolute Gasteiger partial charge is 0.108 e. The molecular weight excluding hydrogens is 155 g/mol. The van der Waals surface area contributed by atoms with Gasteiger partial charge in [-0.2, -0.15) is 0 Å². The molecule has 1 aliphatic rings. The van der Waals surface area contributed by atoms with Crippen LogP contribution in [0.25, 0.3) is 0 Å². The molecule has 1 N–H and O–H groups in total. The maximum atomic E-state index is 13.5. The first-order valence-electron chi connectivity index (χ1n) is 4.78. The molecule has 2 heteroatoms. The van der Waals surface area contributed by atoms with Crippen molar-refractivity contribution in [2.75, 3.05) is 0 Å². The molecule has 1 rings (SSSR count). The molecule has 1 aliphatic carbocycles. The van der Waals surface area contributed by atoms with Crippen molar-refractivity contribution in [2.24, 2.45) is 11.8 Å². The van der Waals surface area contributed by atoms with Crippen LogP contribution in [-0.4, -0.2) is 16.9 Å². The number of hydrogen-bond donors (Lipinski definition) is 1. The third-order valence-corrected chi connectivity index (χ3v) is 3.12. The third-order valence-electron chi connectivity index (χ3n) is 3.12. The van der Waals surface area contributed by atoms with Gasteiger partial charge in [-0.1, -0.05) is 6.92 Å². The van der Waals surface area contributed by atoms with Crippen molar-refractivity contribution in [3.63, 3.8) is 0 Å². The summed E-state index contributed by atoms with van der Waals surface area (Å²) in [6.07, 6.45) is 2.21. The van der Waals surface area contributed by atoms with Crippen LogP contribution in [-0.2, 0) is 0 Å². The Morgan fingerprint density at radius 3 is 2.33 bits per heavy atom. The minimum atomic E-state index is -1.12. The summed E-state index contributed by atoms with van der Waals surface area (Å²) < 4.78 is 13.5. The molecule has 0 aromatic rings. The summed E-state index contributed by atoms with van der Waals surface area (Å²) in [5.74, 6) is 0.396. The van der Waals surface area contributed by atoms with Crippen LogP contribution in [0.3, 0.4) is 0 Å². The summed E-state index contributed by atoms with van der Waals surface area (Å²) in [4.78, 5) is 0. The minimum absolute atomic E-state index is 0.0451. The van der Waals surface area contributed by atoms with Crippen LogP contribution >= 0.6 is 0 Å². The fourth-order valence-electron chi connectivity index (χ4n) is 1.92. The van der Waals surface area contributed by atoms with Crippen LogP contribution in [0.5, 0.6) is 0 Å². The second-order valence-corrected chi connectivity index (χ2v) is 4.62. The molecule has 0 spiro atoms. The summed E-state index contributed by atoms with van der Waals surface area (Å²) in [6.45, 7) is 5.26. The maximum absolute atomic E-state index is 13.5. The van der Waals surface area contributed by atoms with E-state index in [1.165, 1.54) is 0 Å². The molecule has 0 aliphatic heterocycles. The molecule has 1 nitrogen and oxygen atoms in total. The largest absolute Gasteiger partial charge is 0.393 e. The highest BCUT2D eigenvalue weighted by Crippen LogP contribution is 2.37. The van der Waals surface area contributed by atoms with Gasteiger partial charge in [-0.3, -0.25) is 0 Å². The Labute approximate surface area is 74.0 Å². The van der Waals surface area contributed by atoms with Crippen molar-refractivity contribution >= 4 is 0 Å². The first kappa shape index (κ1) is 9.97. The first-order valence-corrected chi connectivity index (χ1v) is 4.78. The van der Waals surface area contributed by atoms with Crippen molar-refractivity contribution in [2.45, 2.75) is 51.8 Å². The highest BCUT2D eigenvalue weighted by Gasteiger charge is 2.35. The van der Waals surface area contributed by atoms with Gasteiger partial charge in [-0.05, 0) is 44.9 Å². The average molecular weight is 174 g/mol. The zero-order valence-electron chi connectivity index (χ0n) is 8.18. The maximum Gasteiger partial charge on any atom is 0.108 e. The van der Waals surface area contributed by atoms with Crippen molar-refractivity contribution in [3.05, 3.63) is 0 Å². The average Bonchev–Trinajstić information content (AvgIpc) is 1.92. The van der Waals surface area contributed by atoms with Crippen LogP contribution in [0.2, 0.25) is 0 Å². The number of aliphatic hydroxyl groups is 1.